The fraction of sp³-hybridized carbons (Fsp3) is 0.0625. The maximum atomic E-state index is 13.5. The molecule has 0 fully saturated rings. The summed E-state index contributed by atoms with van der Waals surface area (Å²) in [5.74, 6) is -2.15. The molecule has 0 radical (unpaired) electrons. The predicted octanol–water partition coefficient (Wildman–Crippen LogP) is 2.43. The Kier molecular flexibility index (Phi) is 4.19. The second kappa shape index (κ2) is 6.45. The van der Waals surface area contributed by atoms with E-state index in [1.807, 2.05) is 0 Å². The average molecular weight is 330 g/mol. The van der Waals surface area contributed by atoms with Crippen LogP contribution in [0.2, 0.25) is 0 Å². The number of halogens is 2. The van der Waals surface area contributed by atoms with Crippen molar-refractivity contribution in [2.24, 2.45) is 5.73 Å². The minimum atomic E-state index is -0.764. The van der Waals surface area contributed by atoms with Crippen molar-refractivity contribution in [3.63, 3.8) is 0 Å². The molecule has 0 aliphatic heterocycles. The standard InChI is InChI=1S/C16H12F2N4O2/c17-11-5-6-13(12(18)7-11)24-8-9-1-3-10(4-2-9)14-15(16(19)23)21-22-20-14/h1-7H,8H2,(H2,19,23)(H,20,21,22). The van der Waals surface area contributed by atoms with Crippen LogP contribution in [0.5, 0.6) is 5.75 Å². The maximum absolute atomic E-state index is 13.5. The summed E-state index contributed by atoms with van der Waals surface area (Å²) in [7, 11) is 0. The van der Waals surface area contributed by atoms with E-state index in [4.69, 9.17) is 10.5 Å². The summed E-state index contributed by atoms with van der Waals surface area (Å²) in [5.41, 5.74) is 7.02. The first-order valence-corrected chi connectivity index (χ1v) is 6.92. The molecule has 2 aromatic carbocycles. The fourth-order valence-electron chi connectivity index (χ4n) is 2.12. The molecule has 1 aromatic heterocycles. The molecule has 6 nitrogen and oxygen atoms in total. The van der Waals surface area contributed by atoms with Gasteiger partial charge in [-0.05, 0) is 17.7 Å². The Hall–Kier alpha value is -3.29. The summed E-state index contributed by atoms with van der Waals surface area (Å²) in [5, 5.41) is 9.95. The topological polar surface area (TPSA) is 93.9 Å². The third kappa shape index (κ3) is 3.22. The van der Waals surface area contributed by atoms with Crippen LogP contribution in [0.15, 0.2) is 42.5 Å². The number of ether oxygens (including phenoxy) is 1. The zero-order valence-corrected chi connectivity index (χ0v) is 12.3. The highest BCUT2D eigenvalue weighted by molar-refractivity contribution is 5.96. The smallest absolute Gasteiger partial charge is 0.271 e. The summed E-state index contributed by atoms with van der Waals surface area (Å²) in [6, 6.07) is 10.00. The van der Waals surface area contributed by atoms with E-state index in [-0.39, 0.29) is 18.1 Å². The molecule has 1 heterocycles. The quantitative estimate of drug-likeness (QED) is 0.751. The Bertz CT molecular complexity index is 878. The molecule has 3 aromatic rings. The molecule has 3 N–H and O–H groups in total. The predicted molar refractivity (Wildman–Crippen MR) is 81.0 cm³/mol. The number of carbonyl (C=O) groups excluding carboxylic acids is 1. The first-order chi connectivity index (χ1) is 11.5. The minimum Gasteiger partial charge on any atom is -0.486 e. The molecule has 8 heteroatoms. The Morgan fingerprint density at radius 3 is 2.54 bits per heavy atom. The van der Waals surface area contributed by atoms with Gasteiger partial charge in [0.05, 0.1) is 0 Å². The summed E-state index contributed by atoms with van der Waals surface area (Å²) in [6.45, 7) is 0.102. The van der Waals surface area contributed by atoms with Crippen molar-refractivity contribution in [3.8, 4) is 17.0 Å². The van der Waals surface area contributed by atoms with Crippen LogP contribution in [0.4, 0.5) is 8.78 Å². The number of benzene rings is 2. The van der Waals surface area contributed by atoms with Gasteiger partial charge < -0.3 is 10.5 Å². The number of H-pyrrole nitrogens is 1. The van der Waals surface area contributed by atoms with Gasteiger partial charge in [0.2, 0.25) is 0 Å². The molecular weight excluding hydrogens is 318 g/mol. The highest BCUT2D eigenvalue weighted by Crippen LogP contribution is 2.22. The van der Waals surface area contributed by atoms with Crippen molar-refractivity contribution >= 4 is 5.91 Å². The van der Waals surface area contributed by atoms with Gasteiger partial charge in [-0.15, -0.1) is 0 Å². The zero-order valence-electron chi connectivity index (χ0n) is 12.3. The molecule has 0 saturated heterocycles. The first-order valence-electron chi connectivity index (χ1n) is 6.92. The van der Waals surface area contributed by atoms with Crippen LogP contribution in [0.25, 0.3) is 11.3 Å². The molecule has 24 heavy (non-hydrogen) atoms. The minimum absolute atomic E-state index is 0.0343. The number of nitrogens with two attached hydrogens (primary N) is 1. The Balaban J connectivity index is 1.73. The van der Waals surface area contributed by atoms with Crippen LogP contribution >= 0.6 is 0 Å². The number of nitrogens with one attached hydrogen (secondary N) is 1. The van der Waals surface area contributed by atoms with E-state index in [0.717, 1.165) is 17.7 Å². The van der Waals surface area contributed by atoms with Gasteiger partial charge in [-0.25, -0.2) is 8.78 Å². The Morgan fingerprint density at radius 2 is 1.88 bits per heavy atom. The van der Waals surface area contributed by atoms with E-state index >= 15 is 0 Å². The lowest BCUT2D eigenvalue weighted by atomic mass is 10.1. The van der Waals surface area contributed by atoms with E-state index in [9.17, 15) is 13.6 Å². The number of aromatic nitrogens is 3. The molecular formula is C16H12F2N4O2. The van der Waals surface area contributed by atoms with Crippen LogP contribution < -0.4 is 10.5 Å². The number of hydrogen-bond donors (Lipinski definition) is 2. The molecule has 3 rings (SSSR count). The molecule has 0 bridgehead atoms. The summed E-state index contributed by atoms with van der Waals surface area (Å²) < 4.78 is 31.7. The molecule has 0 unspecified atom stereocenters. The summed E-state index contributed by atoms with van der Waals surface area (Å²) in [4.78, 5) is 11.3. The van der Waals surface area contributed by atoms with Crippen LogP contribution in [0.3, 0.4) is 0 Å². The Labute approximate surface area is 135 Å². The van der Waals surface area contributed by atoms with Gasteiger partial charge in [0.25, 0.3) is 5.91 Å². The van der Waals surface area contributed by atoms with Crippen molar-refractivity contribution in [2.45, 2.75) is 6.61 Å². The molecule has 1 amide bonds. The van der Waals surface area contributed by atoms with Crippen molar-refractivity contribution in [1.29, 1.82) is 0 Å². The monoisotopic (exact) mass is 330 g/mol. The van der Waals surface area contributed by atoms with Crippen molar-refractivity contribution in [1.82, 2.24) is 15.4 Å². The van der Waals surface area contributed by atoms with Gasteiger partial charge >= 0.3 is 0 Å². The highest BCUT2D eigenvalue weighted by atomic mass is 19.1. The van der Waals surface area contributed by atoms with Crippen molar-refractivity contribution in [2.75, 3.05) is 0 Å². The second-order valence-corrected chi connectivity index (χ2v) is 4.95. The number of aromatic amines is 1. The summed E-state index contributed by atoms with van der Waals surface area (Å²) >= 11 is 0. The molecule has 122 valence electrons. The lowest BCUT2D eigenvalue weighted by Gasteiger charge is -2.08. The normalized spacial score (nSPS) is 10.6. The van der Waals surface area contributed by atoms with E-state index in [0.29, 0.717) is 11.3 Å². The van der Waals surface area contributed by atoms with Gasteiger partial charge in [-0.2, -0.15) is 15.4 Å². The van der Waals surface area contributed by atoms with Gasteiger partial charge in [-0.1, -0.05) is 24.3 Å². The molecule has 0 spiro atoms. The third-order valence-corrected chi connectivity index (χ3v) is 3.30. The van der Waals surface area contributed by atoms with Gasteiger partial charge in [0.1, 0.15) is 18.1 Å². The van der Waals surface area contributed by atoms with E-state index in [1.165, 1.54) is 6.07 Å². The zero-order chi connectivity index (χ0) is 17.1. The molecule has 0 aliphatic carbocycles. The van der Waals surface area contributed by atoms with Crippen LogP contribution in [-0.4, -0.2) is 21.3 Å². The average Bonchev–Trinajstić information content (AvgIpc) is 3.04. The molecule has 0 atom stereocenters. The number of hydrogen-bond acceptors (Lipinski definition) is 4. The van der Waals surface area contributed by atoms with Gasteiger partial charge in [0.15, 0.2) is 17.3 Å². The number of primary amides is 1. The van der Waals surface area contributed by atoms with Crippen LogP contribution in [-0.2, 0) is 6.61 Å². The molecule has 0 saturated carbocycles. The largest absolute Gasteiger partial charge is 0.486 e. The first kappa shape index (κ1) is 15.6. The Morgan fingerprint density at radius 1 is 1.12 bits per heavy atom. The van der Waals surface area contributed by atoms with Crippen LogP contribution in [0.1, 0.15) is 16.1 Å². The highest BCUT2D eigenvalue weighted by Gasteiger charge is 2.15. The summed E-state index contributed by atoms with van der Waals surface area (Å²) in [6.07, 6.45) is 0. The lowest BCUT2D eigenvalue weighted by molar-refractivity contribution is 0.0996. The van der Waals surface area contributed by atoms with Crippen LogP contribution in [0, 0.1) is 11.6 Å². The number of rotatable bonds is 5. The molecule has 0 aliphatic rings. The van der Waals surface area contributed by atoms with E-state index in [2.05, 4.69) is 15.4 Å². The SMILES string of the molecule is NC(=O)c1n[nH]nc1-c1ccc(COc2ccc(F)cc2F)cc1. The fourth-order valence-corrected chi connectivity index (χ4v) is 2.12. The third-order valence-electron chi connectivity index (χ3n) is 3.30. The number of amides is 1. The number of nitrogens with zero attached hydrogens (tertiary/aromatic N) is 2. The van der Waals surface area contributed by atoms with E-state index in [1.54, 1.807) is 24.3 Å². The van der Waals surface area contributed by atoms with Gasteiger partial charge in [-0.3, -0.25) is 4.79 Å². The lowest BCUT2D eigenvalue weighted by Crippen LogP contribution is -2.12. The van der Waals surface area contributed by atoms with Crippen molar-refractivity contribution < 1.29 is 18.3 Å². The second-order valence-electron chi connectivity index (χ2n) is 4.95. The van der Waals surface area contributed by atoms with E-state index < -0.39 is 17.5 Å². The van der Waals surface area contributed by atoms with Crippen molar-refractivity contribution in [3.05, 3.63) is 65.4 Å². The number of carbonyl (C=O) groups is 1. The maximum Gasteiger partial charge on any atom is 0.271 e. The van der Waals surface area contributed by atoms with Gasteiger partial charge in [0, 0.05) is 11.6 Å².